The van der Waals surface area contributed by atoms with E-state index in [1.807, 2.05) is 19.1 Å². The Morgan fingerprint density at radius 3 is 2.50 bits per heavy atom. The zero-order chi connectivity index (χ0) is 15.3. The van der Waals surface area contributed by atoms with Crippen LogP contribution in [0.25, 0.3) is 0 Å². The zero-order valence-corrected chi connectivity index (χ0v) is 12.8. The number of benzene rings is 1. The first kappa shape index (κ1) is 16.6. The number of nitro benzene ring substituents is 1. The van der Waals surface area contributed by atoms with Crippen molar-refractivity contribution < 1.29 is 4.92 Å². The van der Waals surface area contributed by atoms with Crippen LogP contribution in [-0.2, 0) is 0 Å². The number of nitro groups is 1. The van der Waals surface area contributed by atoms with Crippen LogP contribution in [0.15, 0.2) is 24.3 Å². The molecular weight excluding hydrogens is 254 g/mol. The number of hydrogen-bond acceptors (Lipinski definition) is 4. The van der Waals surface area contributed by atoms with E-state index < -0.39 is 0 Å². The molecule has 1 aromatic carbocycles. The second-order valence-electron chi connectivity index (χ2n) is 5.92. The molecule has 112 valence electrons. The van der Waals surface area contributed by atoms with Crippen LogP contribution in [0.1, 0.15) is 39.3 Å². The molecule has 0 aliphatic rings. The lowest BCUT2D eigenvalue weighted by atomic mass is 9.91. The Balaban J connectivity index is 3.03. The van der Waals surface area contributed by atoms with Crippen LogP contribution in [0.3, 0.4) is 0 Å². The van der Waals surface area contributed by atoms with Crippen LogP contribution in [0.4, 0.5) is 5.69 Å². The molecule has 5 heteroatoms. The van der Waals surface area contributed by atoms with Crippen LogP contribution in [-0.4, -0.2) is 29.5 Å². The lowest BCUT2D eigenvalue weighted by Gasteiger charge is -2.35. The third-order valence-corrected chi connectivity index (χ3v) is 3.72. The second-order valence-corrected chi connectivity index (χ2v) is 5.92. The zero-order valence-electron chi connectivity index (χ0n) is 12.8. The van der Waals surface area contributed by atoms with E-state index >= 15 is 0 Å². The molecule has 20 heavy (non-hydrogen) atoms. The molecule has 0 fully saturated rings. The highest BCUT2D eigenvalue weighted by Crippen LogP contribution is 2.30. The van der Waals surface area contributed by atoms with Crippen LogP contribution >= 0.6 is 0 Å². The van der Waals surface area contributed by atoms with Crippen molar-refractivity contribution in [2.45, 2.75) is 33.7 Å². The van der Waals surface area contributed by atoms with E-state index in [-0.39, 0.29) is 22.1 Å². The fourth-order valence-electron chi connectivity index (χ4n) is 2.34. The third-order valence-electron chi connectivity index (χ3n) is 3.72. The molecule has 0 heterocycles. The summed E-state index contributed by atoms with van der Waals surface area (Å²) in [6, 6.07) is 6.94. The Kier molecular flexibility index (Phi) is 5.65. The van der Waals surface area contributed by atoms with E-state index in [2.05, 4.69) is 25.7 Å². The van der Waals surface area contributed by atoms with E-state index in [1.54, 1.807) is 12.1 Å². The van der Waals surface area contributed by atoms with Crippen molar-refractivity contribution in [1.82, 2.24) is 4.90 Å². The molecule has 0 aliphatic heterocycles. The van der Waals surface area contributed by atoms with Crippen molar-refractivity contribution in [3.8, 4) is 0 Å². The molecule has 5 nitrogen and oxygen atoms in total. The summed E-state index contributed by atoms with van der Waals surface area (Å²) in [7, 11) is 0. The normalized spacial score (nSPS) is 13.5. The summed E-state index contributed by atoms with van der Waals surface area (Å²) in [5.41, 5.74) is 6.73. The quantitative estimate of drug-likeness (QED) is 0.615. The fourth-order valence-corrected chi connectivity index (χ4v) is 2.34. The van der Waals surface area contributed by atoms with Crippen molar-refractivity contribution in [3.63, 3.8) is 0 Å². The first-order chi connectivity index (χ1) is 9.32. The molecule has 0 aromatic heterocycles. The lowest BCUT2D eigenvalue weighted by molar-refractivity contribution is -0.386. The standard InChI is InChI=1S/C15H25N3O2/c1-5-17(11-15(3,4)10-16)12(2)13-8-6-7-9-14(13)18(19)20/h6-9,12H,5,10-11,16H2,1-4H3. The summed E-state index contributed by atoms with van der Waals surface area (Å²) in [5.74, 6) is 0. The summed E-state index contributed by atoms with van der Waals surface area (Å²) in [5, 5.41) is 11.1. The molecule has 1 aromatic rings. The first-order valence-corrected chi connectivity index (χ1v) is 7.00. The highest BCUT2D eigenvalue weighted by molar-refractivity contribution is 5.41. The van der Waals surface area contributed by atoms with Gasteiger partial charge in [0.05, 0.1) is 4.92 Å². The predicted molar refractivity (Wildman–Crippen MR) is 81.6 cm³/mol. The van der Waals surface area contributed by atoms with Gasteiger partial charge in [0.1, 0.15) is 0 Å². The molecule has 0 bridgehead atoms. The van der Waals surface area contributed by atoms with E-state index in [9.17, 15) is 10.1 Å². The van der Waals surface area contributed by atoms with Crippen molar-refractivity contribution in [2.75, 3.05) is 19.6 Å². The van der Waals surface area contributed by atoms with Crippen LogP contribution < -0.4 is 5.73 Å². The first-order valence-electron chi connectivity index (χ1n) is 7.00. The summed E-state index contributed by atoms with van der Waals surface area (Å²) < 4.78 is 0. The topological polar surface area (TPSA) is 72.4 Å². The summed E-state index contributed by atoms with van der Waals surface area (Å²) in [6.07, 6.45) is 0. The molecule has 1 rings (SSSR count). The number of nitrogens with two attached hydrogens (primary N) is 1. The number of para-hydroxylation sites is 1. The lowest BCUT2D eigenvalue weighted by Crippen LogP contribution is -2.40. The van der Waals surface area contributed by atoms with Crippen LogP contribution in [0.5, 0.6) is 0 Å². The van der Waals surface area contributed by atoms with Crippen LogP contribution in [0.2, 0.25) is 0 Å². The van der Waals surface area contributed by atoms with Gasteiger partial charge >= 0.3 is 0 Å². The summed E-state index contributed by atoms with van der Waals surface area (Å²) in [4.78, 5) is 13.1. The average Bonchev–Trinajstić information content (AvgIpc) is 2.44. The van der Waals surface area contributed by atoms with Gasteiger partial charge in [-0.1, -0.05) is 39.0 Å². The fraction of sp³-hybridized carbons (Fsp3) is 0.600. The number of nitrogens with zero attached hydrogens (tertiary/aromatic N) is 2. The maximum Gasteiger partial charge on any atom is 0.274 e. The minimum absolute atomic E-state index is 0.00612. The van der Waals surface area contributed by atoms with Gasteiger partial charge in [-0.15, -0.1) is 0 Å². The van der Waals surface area contributed by atoms with Crippen LogP contribution in [0, 0.1) is 15.5 Å². The monoisotopic (exact) mass is 279 g/mol. The molecule has 1 atom stereocenters. The minimum Gasteiger partial charge on any atom is -0.330 e. The molecule has 0 saturated heterocycles. The SMILES string of the molecule is CCN(CC(C)(C)CN)C(C)c1ccccc1[N+](=O)[O-]. The van der Waals surface area contributed by atoms with E-state index in [0.29, 0.717) is 6.54 Å². The Bertz CT molecular complexity index is 460. The molecule has 0 aliphatic carbocycles. The smallest absolute Gasteiger partial charge is 0.274 e. The van der Waals surface area contributed by atoms with Crippen molar-refractivity contribution in [3.05, 3.63) is 39.9 Å². The second kappa shape index (κ2) is 6.81. The largest absolute Gasteiger partial charge is 0.330 e. The van der Waals surface area contributed by atoms with E-state index in [0.717, 1.165) is 18.7 Å². The van der Waals surface area contributed by atoms with Gasteiger partial charge < -0.3 is 5.73 Å². The van der Waals surface area contributed by atoms with Gasteiger partial charge in [-0.3, -0.25) is 15.0 Å². The molecular formula is C15H25N3O2. The molecule has 0 radical (unpaired) electrons. The average molecular weight is 279 g/mol. The molecule has 0 amide bonds. The number of rotatable bonds is 7. The maximum absolute atomic E-state index is 11.1. The van der Waals surface area contributed by atoms with Gasteiger partial charge in [0, 0.05) is 24.2 Å². The van der Waals surface area contributed by atoms with Gasteiger partial charge in [-0.25, -0.2) is 0 Å². The third kappa shape index (κ3) is 4.02. The van der Waals surface area contributed by atoms with Gasteiger partial charge in [-0.05, 0) is 25.4 Å². The Labute approximate surface area is 120 Å². The summed E-state index contributed by atoms with van der Waals surface area (Å²) in [6.45, 7) is 10.5. The van der Waals surface area contributed by atoms with Gasteiger partial charge in [-0.2, -0.15) is 0 Å². The van der Waals surface area contributed by atoms with Crippen molar-refractivity contribution >= 4 is 5.69 Å². The Morgan fingerprint density at radius 2 is 2.00 bits per heavy atom. The molecule has 0 spiro atoms. The Morgan fingerprint density at radius 1 is 1.40 bits per heavy atom. The van der Waals surface area contributed by atoms with Gasteiger partial charge in [0.2, 0.25) is 0 Å². The van der Waals surface area contributed by atoms with Crippen molar-refractivity contribution in [1.29, 1.82) is 0 Å². The summed E-state index contributed by atoms with van der Waals surface area (Å²) >= 11 is 0. The minimum atomic E-state index is -0.312. The molecule has 1 unspecified atom stereocenters. The van der Waals surface area contributed by atoms with Gasteiger partial charge in [0.15, 0.2) is 0 Å². The maximum atomic E-state index is 11.1. The predicted octanol–water partition coefficient (Wildman–Crippen LogP) is 2.96. The Hall–Kier alpha value is -1.46. The highest BCUT2D eigenvalue weighted by atomic mass is 16.6. The van der Waals surface area contributed by atoms with E-state index in [1.165, 1.54) is 0 Å². The molecule has 0 saturated carbocycles. The molecule has 2 N–H and O–H groups in total. The highest BCUT2D eigenvalue weighted by Gasteiger charge is 2.27. The van der Waals surface area contributed by atoms with Crippen molar-refractivity contribution in [2.24, 2.45) is 11.1 Å². The van der Waals surface area contributed by atoms with E-state index in [4.69, 9.17) is 5.73 Å². The van der Waals surface area contributed by atoms with Gasteiger partial charge in [0.25, 0.3) is 5.69 Å². The number of hydrogen-bond donors (Lipinski definition) is 1.